The fourth-order valence-electron chi connectivity index (χ4n) is 0.500. The van der Waals surface area contributed by atoms with E-state index in [1.807, 2.05) is 0 Å². The first-order valence-electron chi connectivity index (χ1n) is 2.91. The molecule has 0 aromatic carbocycles. The van der Waals surface area contributed by atoms with E-state index < -0.39 is 0 Å². The largest absolute Gasteiger partial charge is 0.0654 e. The van der Waals surface area contributed by atoms with Crippen LogP contribution in [0.5, 0.6) is 0 Å². The molecule has 1 heteroatoms. The third-order valence-electron chi connectivity index (χ3n) is 0.957. The van der Waals surface area contributed by atoms with Crippen molar-refractivity contribution in [3.8, 4) is 0 Å². The molecule has 0 spiro atoms. The van der Waals surface area contributed by atoms with Crippen molar-refractivity contribution in [2.24, 2.45) is 0 Å². The van der Waals surface area contributed by atoms with Crippen LogP contribution in [-0.2, 0) is 21.1 Å². The summed E-state index contributed by atoms with van der Waals surface area (Å²) in [5, 5.41) is 0. The molecular weight excluding hydrogens is 256 g/mol. The van der Waals surface area contributed by atoms with Crippen LogP contribution in [0.4, 0.5) is 0 Å². The normalized spacial score (nSPS) is 7.71. The Hall–Kier alpha value is 0.688. The van der Waals surface area contributed by atoms with Gasteiger partial charge >= 0.3 is 0 Å². The molecule has 0 bridgehead atoms. The minimum atomic E-state index is 0. The van der Waals surface area contributed by atoms with Gasteiger partial charge in [0.15, 0.2) is 0 Å². The van der Waals surface area contributed by atoms with E-state index in [2.05, 4.69) is 13.8 Å². The Morgan fingerprint density at radius 3 is 1.29 bits per heavy atom. The molecule has 44 valence electrons. The van der Waals surface area contributed by atoms with Gasteiger partial charge in [0.1, 0.15) is 0 Å². The van der Waals surface area contributed by atoms with Gasteiger partial charge in [-0.25, -0.2) is 0 Å². The van der Waals surface area contributed by atoms with E-state index in [1.165, 1.54) is 25.7 Å². The van der Waals surface area contributed by atoms with Crippen LogP contribution in [0.2, 0.25) is 0 Å². The third kappa shape index (κ3) is 10.8. The minimum Gasteiger partial charge on any atom is -0.0654 e. The van der Waals surface area contributed by atoms with Crippen LogP contribution in [0.1, 0.15) is 39.5 Å². The first kappa shape index (κ1) is 10.6. The molecule has 0 aromatic rings. The van der Waals surface area contributed by atoms with E-state index >= 15 is 0 Å². The average Bonchev–Trinajstić information content (AvgIpc) is 1.61. The molecule has 0 aliphatic heterocycles. The van der Waals surface area contributed by atoms with Gasteiger partial charge in [-0.2, -0.15) is 0 Å². The summed E-state index contributed by atoms with van der Waals surface area (Å²) in [7, 11) is 0. The second kappa shape index (κ2) is 9.85. The Bertz CT molecular complexity index is 16.1. The van der Waals surface area contributed by atoms with Crippen molar-refractivity contribution in [3.05, 3.63) is 0 Å². The third-order valence-corrected chi connectivity index (χ3v) is 0.957. The Labute approximate surface area is 61.0 Å². The van der Waals surface area contributed by atoms with Crippen molar-refractivity contribution in [2.45, 2.75) is 39.5 Å². The molecule has 0 nitrogen and oxygen atoms in total. The van der Waals surface area contributed by atoms with Crippen molar-refractivity contribution < 1.29 is 21.1 Å². The summed E-state index contributed by atoms with van der Waals surface area (Å²) in [5.74, 6) is 0. The molecule has 0 N–H and O–H groups in total. The molecule has 0 saturated carbocycles. The van der Waals surface area contributed by atoms with Crippen molar-refractivity contribution >= 4 is 0 Å². The van der Waals surface area contributed by atoms with E-state index in [1.54, 1.807) is 0 Å². The van der Waals surface area contributed by atoms with Gasteiger partial charge in [-0.1, -0.05) is 39.5 Å². The Balaban J connectivity index is 0. The van der Waals surface area contributed by atoms with Gasteiger partial charge in [-0.05, 0) is 0 Å². The Morgan fingerprint density at radius 2 is 1.14 bits per heavy atom. The smallest absolute Gasteiger partial charge is 0 e. The zero-order valence-electron chi connectivity index (χ0n) is 5.24. The van der Waals surface area contributed by atoms with Crippen LogP contribution in [0.3, 0.4) is 0 Å². The maximum atomic E-state index is 2.23. The molecule has 0 amide bonds. The van der Waals surface area contributed by atoms with Crippen LogP contribution in [-0.4, -0.2) is 0 Å². The summed E-state index contributed by atoms with van der Waals surface area (Å²) in [6, 6.07) is 0. The van der Waals surface area contributed by atoms with Gasteiger partial charge in [0.2, 0.25) is 0 Å². The molecule has 0 rings (SSSR count). The average molecular weight is 270 g/mol. The summed E-state index contributed by atoms with van der Waals surface area (Å²) >= 11 is 0. The van der Waals surface area contributed by atoms with Crippen LogP contribution in [0, 0.1) is 0 Å². The zero-order chi connectivity index (χ0) is 4.83. The van der Waals surface area contributed by atoms with Gasteiger partial charge in [0.05, 0.1) is 0 Å². The molecule has 0 aliphatic rings. The number of unbranched alkanes of at least 4 members (excludes halogenated alkanes) is 3. The zero-order valence-corrected chi connectivity index (χ0v) is 8.17. The maximum Gasteiger partial charge on any atom is 0 e. The summed E-state index contributed by atoms with van der Waals surface area (Å²) in [6.45, 7) is 4.46. The summed E-state index contributed by atoms with van der Waals surface area (Å²) in [4.78, 5) is 0. The molecule has 7 heavy (non-hydrogen) atoms. The molecule has 0 radical (unpaired) electrons. The van der Waals surface area contributed by atoms with Crippen LogP contribution in [0.15, 0.2) is 0 Å². The van der Waals surface area contributed by atoms with Gasteiger partial charge in [-0.3, -0.25) is 0 Å². The molecule has 0 unspecified atom stereocenters. The summed E-state index contributed by atoms with van der Waals surface area (Å²) in [5.41, 5.74) is 0. The van der Waals surface area contributed by atoms with Gasteiger partial charge in [0.25, 0.3) is 0 Å². The molecule has 0 fully saturated rings. The van der Waals surface area contributed by atoms with Crippen molar-refractivity contribution in [3.63, 3.8) is 0 Å². The molecular formula is C6H14W. The fraction of sp³-hybridized carbons (Fsp3) is 1.00. The number of rotatable bonds is 3. The van der Waals surface area contributed by atoms with Crippen molar-refractivity contribution in [2.75, 3.05) is 0 Å². The molecule has 0 aromatic heterocycles. The van der Waals surface area contributed by atoms with E-state index in [0.29, 0.717) is 0 Å². The van der Waals surface area contributed by atoms with E-state index in [9.17, 15) is 0 Å². The standard InChI is InChI=1S/C6H14.W/c1-3-5-6-4-2;/h3-6H2,1-2H3;. The Morgan fingerprint density at radius 1 is 0.857 bits per heavy atom. The topological polar surface area (TPSA) is 0 Å². The first-order chi connectivity index (χ1) is 2.91. The monoisotopic (exact) mass is 270 g/mol. The predicted molar refractivity (Wildman–Crippen MR) is 29.8 cm³/mol. The van der Waals surface area contributed by atoms with E-state index in [4.69, 9.17) is 0 Å². The quantitative estimate of drug-likeness (QED) is 0.691. The van der Waals surface area contributed by atoms with E-state index in [-0.39, 0.29) is 21.1 Å². The number of hydrogen-bond donors (Lipinski definition) is 0. The number of hydrogen-bond acceptors (Lipinski definition) is 0. The minimum absolute atomic E-state index is 0. The second-order valence-corrected chi connectivity index (χ2v) is 1.71. The molecule has 0 aliphatic carbocycles. The fourth-order valence-corrected chi connectivity index (χ4v) is 0.500. The van der Waals surface area contributed by atoms with Crippen molar-refractivity contribution in [1.82, 2.24) is 0 Å². The summed E-state index contributed by atoms with van der Waals surface area (Å²) in [6.07, 6.45) is 5.54. The SMILES string of the molecule is CCCCCC.[W]. The van der Waals surface area contributed by atoms with Crippen molar-refractivity contribution in [1.29, 1.82) is 0 Å². The van der Waals surface area contributed by atoms with Gasteiger partial charge in [0, 0.05) is 21.1 Å². The predicted octanol–water partition coefficient (Wildman–Crippen LogP) is 2.58. The molecule has 0 saturated heterocycles. The Kier molecular flexibility index (Phi) is 15.0. The van der Waals surface area contributed by atoms with Gasteiger partial charge in [-0.15, -0.1) is 0 Å². The van der Waals surface area contributed by atoms with E-state index in [0.717, 1.165) is 0 Å². The van der Waals surface area contributed by atoms with Crippen LogP contribution < -0.4 is 0 Å². The molecule has 0 atom stereocenters. The second-order valence-electron chi connectivity index (χ2n) is 1.71. The summed E-state index contributed by atoms with van der Waals surface area (Å²) < 4.78 is 0. The first-order valence-corrected chi connectivity index (χ1v) is 2.91. The molecule has 0 heterocycles. The van der Waals surface area contributed by atoms with Crippen LogP contribution in [0.25, 0.3) is 0 Å². The van der Waals surface area contributed by atoms with Crippen LogP contribution >= 0.6 is 0 Å². The maximum absolute atomic E-state index is 2.23. The van der Waals surface area contributed by atoms with Gasteiger partial charge < -0.3 is 0 Å².